The van der Waals surface area contributed by atoms with Gasteiger partial charge in [-0.3, -0.25) is 4.79 Å². The minimum atomic E-state index is -0.117. The highest BCUT2D eigenvalue weighted by molar-refractivity contribution is 7.99. The number of amides is 1. The highest BCUT2D eigenvalue weighted by Gasteiger charge is 2.12. The van der Waals surface area contributed by atoms with E-state index >= 15 is 0 Å². The molecule has 0 radical (unpaired) electrons. The van der Waals surface area contributed by atoms with Crippen molar-refractivity contribution in [1.29, 1.82) is 0 Å². The Morgan fingerprint density at radius 2 is 1.93 bits per heavy atom. The van der Waals surface area contributed by atoms with Crippen LogP contribution >= 0.6 is 11.8 Å². The van der Waals surface area contributed by atoms with Gasteiger partial charge in [-0.15, -0.1) is 5.10 Å². The Hall–Kier alpha value is -3.07. The largest absolute Gasteiger partial charge is 0.493 e. The third-order valence-corrected chi connectivity index (χ3v) is 5.18. The van der Waals surface area contributed by atoms with Crippen LogP contribution in [0.2, 0.25) is 0 Å². The van der Waals surface area contributed by atoms with E-state index in [0.29, 0.717) is 29.8 Å². The predicted molar refractivity (Wildman–Crippen MR) is 111 cm³/mol. The normalized spacial score (nSPS) is 10.6. The van der Waals surface area contributed by atoms with Gasteiger partial charge in [0.2, 0.25) is 11.1 Å². The molecule has 0 bridgehead atoms. The second-order valence-electron chi connectivity index (χ2n) is 6.28. The lowest BCUT2D eigenvalue weighted by Gasteiger charge is -2.11. The Morgan fingerprint density at radius 3 is 2.69 bits per heavy atom. The SMILES string of the molecule is COc1ccccc1OCCNC(=O)CSc1nnnn1-c1ccc(C)c(C)c1. The average molecular weight is 414 g/mol. The van der Waals surface area contributed by atoms with Gasteiger partial charge in [0.05, 0.1) is 25.1 Å². The van der Waals surface area contributed by atoms with Crippen LogP contribution in [0.4, 0.5) is 0 Å². The van der Waals surface area contributed by atoms with E-state index in [1.165, 1.54) is 17.3 Å². The topological polar surface area (TPSA) is 91.2 Å². The van der Waals surface area contributed by atoms with E-state index in [1.54, 1.807) is 11.8 Å². The third kappa shape index (κ3) is 5.47. The van der Waals surface area contributed by atoms with Gasteiger partial charge >= 0.3 is 0 Å². The zero-order chi connectivity index (χ0) is 20.6. The van der Waals surface area contributed by atoms with Gasteiger partial charge < -0.3 is 14.8 Å². The number of thioether (sulfide) groups is 1. The molecule has 0 aliphatic carbocycles. The van der Waals surface area contributed by atoms with Crippen molar-refractivity contribution < 1.29 is 14.3 Å². The number of methoxy groups -OCH3 is 1. The van der Waals surface area contributed by atoms with E-state index in [-0.39, 0.29) is 11.7 Å². The molecule has 152 valence electrons. The summed E-state index contributed by atoms with van der Waals surface area (Å²) in [6.07, 6.45) is 0. The highest BCUT2D eigenvalue weighted by atomic mass is 32.2. The smallest absolute Gasteiger partial charge is 0.230 e. The van der Waals surface area contributed by atoms with Crippen LogP contribution in [0, 0.1) is 13.8 Å². The summed E-state index contributed by atoms with van der Waals surface area (Å²) in [7, 11) is 1.59. The van der Waals surface area contributed by atoms with Crippen molar-refractivity contribution in [3.05, 3.63) is 53.6 Å². The number of benzene rings is 2. The van der Waals surface area contributed by atoms with Crippen molar-refractivity contribution in [2.75, 3.05) is 26.0 Å². The summed E-state index contributed by atoms with van der Waals surface area (Å²) in [5, 5.41) is 15.2. The van der Waals surface area contributed by atoms with E-state index in [0.717, 1.165) is 11.3 Å². The molecule has 9 heteroatoms. The molecule has 1 aromatic heterocycles. The predicted octanol–water partition coefficient (Wildman–Crippen LogP) is 2.58. The molecule has 0 saturated heterocycles. The van der Waals surface area contributed by atoms with Gasteiger partial charge in [-0.2, -0.15) is 4.68 Å². The number of nitrogens with zero attached hydrogens (tertiary/aromatic N) is 4. The molecular formula is C20H23N5O3S. The Morgan fingerprint density at radius 1 is 1.14 bits per heavy atom. The monoisotopic (exact) mass is 413 g/mol. The number of nitrogens with one attached hydrogen (secondary N) is 1. The van der Waals surface area contributed by atoms with E-state index < -0.39 is 0 Å². The van der Waals surface area contributed by atoms with E-state index in [2.05, 4.69) is 27.8 Å². The summed E-state index contributed by atoms with van der Waals surface area (Å²) < 4.78 is 12.5. The fraction of sp³-hybridized carbons (Fsp3) is 0.300. The van der Waals surface area contributed by atoms with E-state index in [9.17, 15) is 4.79 Å². The lowest BCUT2D eigenvalue weighted by Crippen LogP contribution is -2.29. The summed E-state index contributed by atoms with van der Waals surface area (Å²) in [5.74, 6) is 1.40. The Balaban J connectivity index is 1.47. The van der Waals surface area contributed by atoms with Crippen LogP contribution in [0.5, 0.6) is 11.5 Å². The van der Waals surface area contributed by atoms with Crippen molar-refractivity contribution in [2.45, 2.75) is 19.0 Å². The summed E-state index contributed by atoms with van der Waals surface area (Å²) in [4.78, 5) is 12.1. The quantitative estimate of drug-likeness (QED) is 0.426. The number of rotatable bonds is 9. The van der Waals surface area contributed by atoms with Crippen LogP contribution in [-0.4, -0.2) is 52.1 Å². The number of tetrazole rings is 1. The van der Waals surface area contributed by atoms with Gasteiger partial charge in [0.1, 0.15) is 6.61 Å². The van der Waals surface area contributed by atoms with Crippen molar-refractivity contribution >= 4 is 17.7 Å². The minimum Gasteiger partial charge on any atom is -0.493 e. The van der Waals surface area contributed by atoms with Gasteiger partial charge in [-0.1, -0.05) is 30.0 Å². The standard InChI is InChI=1S/C20H23N5O3S/c1-14-8-9-16(12-15(14)2)25-20(22-23-24-25)29-13-19(26)21-10-11-28-18-7-5-4-6-17(18)27-3/h4-9,12H,10-11,13H2,1-3H3,(H,21,26). The molecule has 1 heterocycles. The van der Waals surface area contributed by atoms with Crippen molar-refractivity contribution in [3.8, 4) is 17.2 Å². The fourth-order valence-electron chi connectivity index (χ4n) is 2.56. The first kappa shape index (κ1) is 20.7. The lowest BCUT2D eigenvalue weighted by atomic mass is 10.1. The summed E-state index contributed by atoms with van der Waals surface area (Å²) in [6.45, 7) is 4.82. The van der Waals surface area contributed by atoms with Crippen LogP contribution < -0.4 is 14.8 Å². The molecular weight excluding hydrogens is 390 g/mol. The van der Waals surface area contributed by atoms with Crippen molar-refractivity contribution in [3.63, 3.8) is 0 Å². The molecule has 0 aliphatic rings. The number of aryl methyl sites for hydroxylation is 2. The fourth-order valence-corrected chi connectivity index (χ4v) is 3.28. The maximum Gasteiger partial charge on any atom is 0.230 e. The van der Waals surface area contributed by atoms with Gasteiger partial charge in [-0.05, 0) is 59.7 Å². The van der Waals surface area contributed by atoms with Gasteiger partial charge in [-0.25, -0.2) is 0 Å². The number of carbonyl (C=O) groups is 1. The zero-order valence-corrected chi connectivity index (χ0v) is 17.4. The van der Waals surface area contributed by atoms with Crippen LogP contribution in [-0.2, 0) is 4.79 Å². The van der Waals surface area contributed by atoms with Crippen LogP contribution in [0.1, 0.15) is 11.1 Å². The number of para-hydroxylation sites is 2. The van der Waals surface area contributed by atoms with Gasteiger partial charge in [0.15, 0.2) is 11.5 Å². The number of aromatic nitrogens is 4. The highest BCUT2D eigenvalue weighted by Crippen LogP contribution is 2.25. The molecule has 0 atom stereocenters. The second kappa shape index (κ2) is 9.92. The van der Waals surface area contributed by atoms with Crippen molar-refractivity contribution in [1.82, 2.24) is 25.5 Å². The van der Waals surface area contributed by atoms with Crippen LogP contribution in [0.15, 0.2) is 47.6 Å². The van der Waals surface area contributed by atoms with Crippen LogP contribution in [0.3, 0.4) is 0 Å². The maximum atomic E-state index is 12.1. The molecule has 3 rings (SSSR count). The van der Waals surface area contributed by atoms with Crippen molar-refractivity contribution in [2.24, 2.45) is 0 Å². The maximum absolute atomic E-state index is 12.1. The molecule has 0 aliphatic heterocycles. The minimum absolute atomic E-state index is 0.117. The molecule has 0 saturated carbocycles. The summed E-state index contributed by atoms with van der Waals surface area (Å²) in [6, 6.07) is 13.4. The van der Waals surface area contributed by atoms with E-state index in [4.69, 9.17) is 9.47 Å². The molecule has 3 aromatic rings. The Kier molecular flexibility index (Phi) is 7.07. The summed E-state index contributed by atoms with van der Waals surface area (Å²) >= 11 is 1.28. The second-order valence-corrected chi connectivity index (χ2v) is 7.22. The number of ether oxygens (including phenoxy) is 2. The van der Waals surface area contributed by atoms with Gasteiger partial charge in [0.25, 0.3) is 0 Å². The lowest BCUT2D eigenvalue weighted by molar-refractivity contribution is -0.118. The average Bonchev–Trinajstić information content (AvgIpc) is 3.20. The summed E-state index contributed by atoms with van der Waals surface area (Å²) in [5.41, 5.74) is 3.22. The first-order valence-corrected chi connectivity index (χ1v) is 10.1. The number of carbonyl (C=O) groups excluding carboxylic acids is 1. The van der Waals surface area contributed by atoms with E-state index in [1.807, 2.05) is 49.4 Å². The molecule has 8 nitrogen and oxygen atoms in total. The number of hydrogen-bond acceptors (Lipinski definition) is 7. The molecule has 2 aromatic carbocycles. The molecule has 0 spiro atoms. The molecule has 29 heavy (non-hydrogen) atoms. The first-order valence-electron chi connectivity index (χ1n) is 9.10. The molecule has 0 unspecified atom stereocenters. The molecule has 1 N–H and O–H groups in total. The third-order valence-electron chi connectivity index (χ3n) is 4.26. The molecule has 0 fully saturated rings. The first-order chi connectivity index (χ1) is 14.1. The number of hydrogen-bond donors (Lipinski definition) is 1. The zero-order valence-electron chi connectivity index (χ0n) is 16.6. The van der Waals surface area contributed by atoms with Gasteiger partial charge in [0, 0.05) is 0 Å². The molecule has 1 amide bonds. The van der Waals surface area contributed by atoms with Crippen LogP contribution in [0.25, 0.3) is 5.69 Å². The Labute approximate surface area is 173 Å². The Bertz CT molecular complexity index is 976.